The first-order valence-corrected chi connectivity index (χ1v) is 8.34. The lowest BCUT2D eigenvalue weighted by molar-refractivity contribution is -0.156. The van der Waals surface area contributed by atoms with E-state index in [1.807, 2.05) is 13.8 Å². The van der Waals surface area contributed by atoms with Crippen LogP contribution in [-0.2, 0) is 19.1 Å². The summed E-state index contributed by atoms with van der Waals surface area (Å²) < 4.78 is 18.3. The fourth-order valence-corrected chi connectivity index (χ4v) is 3.82. The zero-order valence-corrected chi connectivity index (χ0v) is 14.2. The topological polar surface area (TPSA) is 63.7 Å². The second-order valence-corrected chi connectivity index (χ2v) is 7.37. The summed E-state index contributed by atoms with van der Waals surface area (Å²) in [5.41, 5.74) is 0.770. The van der Waals surface area contributed by atoms with Gasteiger partial charge in [-0.15, -0.1) is 0 Å². The average molecular weight is 335 g/mol. The van der Waals surface area contributed by atoms with Crippen LogP contribution >= 0.6 is 0 Å². The van der Waals surface area contributed by atoms with E-state index in [1.165, 1.54) is 13.0 Å². The molecule has 0 spiro atoms. The van der Waals surface area contributed by atoms with E-state index in [0.717, 1.165) is 17.7 Å². The van der Waals surface area contributed by atoms with Crippen LogP contribution in [0.4, 0.5) is 4.39 Å². The highest BCUT2D eigenvalue weighted by Crippen LogP contribution is 2.59. The summed E-state index contributed by atoms with van der Waals surface area (Å²) in [7, 11) is 0. The molecule has 2 atom stereocenters. The van der Waals surface area contributed by atoms with Gasteiger partial charge in [0.1, 0.15) is 0 Å². The average Bonchev–Trinajstić information content (AvgIpc) is 2.96. The molecule has 0 saturated heterocycles. The number of amides is 2. The van der Waals surface area contributed by atoms with Gasteiger partial charge in [-0.25, -0.2) is 9.29 Å². The van der Waals surface area contributed by atoms with Gasteiger partial charge in [0.25, 0.3) is 11.8 Å². The maximum Gasteiger partial charge on any atom is 0.311 e. The van der Waals surface area contributed by atoms with Crippen LogP contribution in [0.2, 0.25) is 0 Å². The molecule has 6 heteroatoms. The SMILES string of the molecule is C/C(F)=C/C1[C@@H](C(=O)OCN2C(=O)C3=C(CCCC3)C2=O)C1(C)C. The number of rotatable bonds is 4. The normalized spacial score (nSPS) is 29.0. The Morgan fingerprint density at radius 1 is 1.25 bits per heavy atom. The predicted molar refractivity (Wildman–Crippen MR) is 83.9 cm³/mol. The quantitative estimate of drug-likeness (QED) is 0.585. The highest BCUT2D eigenvalue weighted by molar-refractivity contribution is 6.19. The molecule has 0 aromatic heterocycles. The molecular formula is C18H22FNO4. The Balaban J connectivity index is 1.61. The van der Waals surface area contributed by atoms with Crippen molar-refractivity contribution in [1.82, 2.24) is 4.90 Å². The number of hydrogen-bond donors (Lipinski definition) is 0. The van der Waals surface area contributed by atoms with Gasteiger partial charge in [-0.05, 0) is 50.0 Å². The first-order chi connectivity index (χ1) is 11.2. The first-order valence-electron chi connectivity index (χ1n) is 8.34. The van der Waals surface area contributed by atoms with E-state index in [4.69, 9.17) is 4.74 Å². The Morgan fingerprint density at radius 3 is 2.29 bits per heavy atom. The fraction of sp³-hybridized carbons (Fsp3) is 0.611. The van der Waals surface area contributed by atoms with Crippen LogP contribution in [0.1, 0.15) is 46.5 Å². The molecule has 24 heavy (non-hydrogen) atoms. The number of carbonyl (C=O) groups is 3. The Bertz CT molecular complexity index is 645. The van der Waals surface area contributed by atoms with Crippen LogP contribution in [0.3, 0.4) is 0 Å². The number of carbonyl (C=O) groups excluding carboxylic acids is 3. The number of halogens is 1. The summed E-state index contributed by atoms with van der Waals surface area (Å²) in [4.78, 5) is 37.8. The summed E-state index contributed by atoms with van der Waals surface area (Å²) in [6.45, 7) is 4.72. The van der Waals surface area contributed by atoms with E-state index in [1.54, 1.807) is 0 Å². The number of hydrogen-bond acceptors (Lipinski definition) is 4. The van der Waals surface area contributed by atoms with Crippen molar-refractivity contribution in [2.75, 3.05) is 6.73 Å². The monoisotopic (exact) mass is 335 g/mol. The van der Waals surface area contributed by atoms with Crippen molar-refractivity contribution in [2.45, 2.75) is 46.5 Å². The summed E-state index contributed by atoms with van der Waals surface area (Å²) in [5, 5.41) is 0. The van der Waals surface area contributed by atoms with Gasteiger partial charge in [0.05, 0.1) is 11.7 Å². The number of imide groups is 1. The molecule has 0 aromatic rings. The van der Waals surface area contributed by atoms with Gasteiger partial charge in [0, 0.05) is 11.1 Å². The minimum Gasteiger partial charge on any atom is -0.443 e. The number of nitrogens with zero attached hydrogens (tertiary/aromatic N) is 1. The van der Waals surface area contributed by atoms with Gasteiger partial charge in [-0.2, -0.15) is 0 Å². The van der Waals surface area contributed by atoms with Crippen LogP contribution in [-0.4, -0.2) is 29.4 Å². The molecule has 3 aliphatic rings. The van der Waals surface area contributed by atoms with Crippen molar-refractivity contribution in [3.8, 4) is 0 Å². The number of allylic oxidation sites excluding steroid dienone is 2. The summed E-state index contributed by atoms with van der Waals surface area (Å²) in [5.74, 6) is -2.16. The molecule has 130 valence electrons. The molecule has 0 radical (unpaired) electrons. The van der Waals surface area contributed by atoms with E-state index in [0.29, 0.717) is 24.0 Å². The maximum atomic E-state index is 13.1. The van der Waals surface area contributed by atoms with Crippen LogP contribution in [0, 0.1) is 17.3 Å². The second-order valence-electron chi connectivity index (χ2n) is 7.37. The molecule has 0 bridgehead atoms. The molecule has 5 nitrogen and oxygen atoms in total. The number of esters is 1. The molecule has 1 fully saturated rings. The smallest absolute Gasteiger partial charge is 0.311 e. The fourth-order valence-electron chi connectivity index (χ4n) is 3.82. The third-order valence-electron chi connectivity index (χ3n) is 5.38. The Kier molecular flexibility index (Phi) is 4.10. The van der Waals surface area contributed by atoms with E-state index in [9.17, 15) is 18.8 Å². The first kappa shape index (κ1) is 16.9. The van der Waals surface area contributed by atoms with Crippen LogP contribution in [0.15, 0.2) is 23.0 Å². The van der Waals surface area contributed by atoms with Crippen molar-refractivity contribution < 1.29 is 23.5 Å². The van der Waals surface area contributed by atoms with Crippen molar-refractivity contribution >= 4 is 17.8 Å². The molecule has 1 saturated carbocycles. The molecule has 3 rings (SSSR count). The third-order valence-corrected chi connectivity index (χ3v) is 5.38. The summed E-state index contributed by atoms with van der Waals surface area (Å²) in [6, 6.07) is 0. The molecule has 0 aromatic carbocycles. The van der Waals surface area contributed by atoms with Crippen LogP contribution in [0.5, 0.6) is 0 Å². The number of ether oxygens (including phenoxy) is 1. The van der Waals surface area contributed by atoms with Crippen molar-refractivity contribution in [1.29, 1.82) is 0 Å². The van der Waals surface area contributed by atoms with E-state index in [2.05, 4.69) is 0 Å². The lowest BCUT2D eigenvalue weighted by Crippen LogP contribution is -2.35. The lowest BCUT2D eigenvalue weighted by Gasteiger charge is -2.15. The van der Waals surface area contributed by atoms with Gasteiger partial charge >= 0.3 is 5.97 Å². The zero-order chi connectivity index (χ0) is 17.6. The minimum absolute atomic E-state index is 0.216. The molecule has 2 aliphatic carbocycles. The molecule has 1 heterocycles. The Hall–Kier alpha value is -1.98. The largest absolute Gasteiger partial charge is 0.443 e. The predicted octanol–water partition coefficient (Wildman–Crippen LogP) is 2.87. The van der Waals surface area contributed by atoms with Crippen LogP contribution in [0.25, 0.3) is 0 Å². The zero-order valence-electron chi connectivity index (χ0n) is 14.2. The highest BCUT2D eigenvalue weighted by atomic mass is 19.1. The molecule has 1 aliphatic heterocycles. The molecule has 2 amide bonds. The minimum atomic E-state index is -0.493. The Labute approximate surface area is 140 Å². The molecule has 0 N–H and O–H groups in total. The van der Waals surface area contributed by atoms with E-state index >= 15 is 0 Å². The van der Waals surface area contributed by atoms with Gasteiger partial charge in [-0.1, -0.05) is 13.8 Å². The highest BCUT2D eigenvalue weighted by Gasteiger charge is 2.61. The summed E-state index contributed by atoms with van der Waals surface area (Å²) >= 11 is 0. The lowest BCUT2D eigenvalue weighted by atomic mass is 9.93. The molecular weight excluding hydrogens is 313 g/mol. The Morgan fingerprint density at radius 2 is 1.79 bits per heavy atom. The van der Waals surface area contributed by atoms with Gasteiger partial charge in [0.2, 0.25) is 0 Å². The third kappa shape index (κ3) is 2.68. The maximum absolute atomic E-state index is 13.1. The van der Waals surface area contributed by atoms with E-state index < -0.39 is 11.9 Å². The van der Waals surface area contributed by atoms with Crippen LogP contribution < -0.4 is 0 Å². The molecule has 1 unspecified atom stereocenters. The van der Waals surface area contributed by atoms with Gasteiger partial charge < -0.3 is 4.74 Å². The standard InChI is InChI=1S/C18H22FNO4/c1-10(19)8-13-14(18(13,2)3)17(23)24-9-20-15(21)11-6-4-5-7-12(11)16(20)22/h8,13-14H,4-7,9H2,1-3H3/b10-8-/t13?,14-/m0/s1. The second kappa shape index (κ2) is 5.83. The van der Waals surface area contributed by atoms with Gasteiger partial charge in [-0.3, -0.25) is 14.4 Å². The van der Waals surface area contributed by atoms with Crippen molar-refractivity contribution in [3.63, 3.8) is 0 Å². The van der Waals surface area contributed by atoms with Crippen molar-refractivity contribution in [2.24, 2.45) is 17.3 Å². The van der Waals surface area contributed by atoms with Crippen molar-refractivity contribution in [3.05, 3.63) is 23.0 Å². The van der Waals surface area contributed by atoms with Gasteiger partial charge in [0.15, 0.2) is 6.73 Å². The van der Waals surface area contributed by atoms with E-state index in [-0.39, 0.29) is 35.7 Å². The summed E-state index contributed by atoms with van der Waals surface area (Å²) in [6.07, 6.45) is 4.46.